The first-order valence-electron chi connectivity index (χ1n) is 6.74. The molecule has 1 heterocycles. The number of rotatable bonds is 3. The maximum atomic E-state index is 12.2. The zero-order valence-electron chi connectivity index (χ0n) is 11.4. The van der Waals surface area contributed by atoms with E-state index in [9.17, 15) is 4.79 Å². The van der Waals surface area contributed by atoms with Crippen LogP contribution in [-0.4, -0.2) is 23.2 Å². The zero-order valence-corrected chi connectivity index (χ0v) is 11.4. The Kier molecular flexibility index (Phi) is 4.56. The van der Waals surface area contributed by atoms with Crippen molar-refractivity contribution in [2.75, 3.05) is 5.32 Å². The molecule has 1 amide bonds. The summed E-state index contributed by atoms with van der Waals surface area (Å²) >= 11 is 0. The molecular weight excluding hydrogens is 242 g/mol. The van der Waals surface area contributed by atoms with E-state index in [1.807, 2.05) is 32.0 Å². The average molecular weight is 263 g/mol. The molecule has 0 aromatic heterocycles. The molecule has 104 valence electrons. The van der Waals surface area contributed by atoms with Crippen molar-refractivity contribution in [3.05, 3.63) is 29.8 Å². The third-order valence-corrected chi connectivity index (χ3v) is 3.45. The second-order valence-electron chi connectivity index (χ2n) is 5.27. The Hall–Kier alpha value is -1.39. The van der Waals surface area contributed by atoms with Gasteiger partial charge in [-0.05, 0) is 44.4 Å². The van der Waals surface area contributed by atoms with Gasteiger partial charge in [0.25, 0.3) is 0 Å². The van der Waals surface area contributed by atoms with Crippen LogP contribution in [0.15, 0.2) is 24.3 Å². The van der Waals surface area contributed by atoms with Crippen molar-refractivity contribution >= 4 is 11.6 Å². The SMILES string of the molecule is CC1CC(C(=O)Nc2cccc(CO)c2)CC(C)O1. The minimum atomic E-state index is -0.0188. The Bertz CT molecular complexity index is 437. The van der Waals surface area contributed by atoms with Crippen LogP contribution in [0.3, 0.4) is 0 Å². The molecule has 1 fully saturated rings. The molecule has 0 saturated carbocycles. The van der Waals surface area contributed by atoms with Gasteiger partial charge in [-0.3, -0.25) is 4.79 Å². The van der Waals surface area contributed by atoms with Crippen LogP contribution >= 0.6 is 0 Å². The van der Waals surface area contributed by atoms with Gasteiger partial charge in [0.1, 0.15) is 0 Å². The third kappa shape index (κ3) is 3.78. The highest BCUT2D eigenvalue weighted by atomic mass is 16.5. The maximum Gasteiger partial charge on any atom is 0.227 e. The predicted octanol–water partition coefficient (Wildman–Crippen LogP) is 2.32. The second kappa shape index (κ2) is 6.17. The van der Waals surface area contributed by atoms with Crippen molar-refractivity contribution in [1.82, 2.24) is 0 Å². The van der Waals surface area contributed by atoms with Gasteiger partial charge in [0.15, 0.2) is 0 Å². The third-order valence-electron chi connectivity index (χ3n) is 3.45. The van der Waals surface area contributed by atoms with E-state index in [1.54, 1.807) is 6.07 Å². The van der Waals surface area contributed by atoms with Gasteiger partial charge in [0.2, 0.25) is 5.91 Å². The number of anilines is 1. The van der Waals surface area contributed by atoms with Crippen molar-refractivity contribution in [3.8, 4) is 0 Å². The zero-order chi connectivity index (χ0) is 13.8. The molecule has 0 aliphatic carbocycles. The van der Waals surface area contributed by atoms with Gasteiger partial charge in [-0.2, -0.15) is 0 Å². The molecular formula is C15H21NO3. The molecule has 19 heavy (non-hydrogen) atoms. The van der Waals surface area contributed by atoms with E-state index in [1.165, 1.54) is 0 Å². The van der Waals surface area contributed by atoms with Gasteiger partial charge < -0.3 is 15.2 Å². The van der Waals surface area contributed by atoms with Gasteiger partial charge in [-0.1, -0.05) is 12.1 Å². The molecule has 0 radical (unpaired) electrons. The molecule has 4 heteroatoms. The van der Waals surface area contributed by atoms with Crippen LogP contribution in [-0.2, 0) is 16.1 Å². The van der Waals surface area contributed by atoms with Crippen molar-refractivity contribution in [2.45, 2.75) is 45.5 Å². The first-order chi connectivity index (χ1) is 9.08. The molecule has 2 rings (SSSR count). The highest BCUT2D eigenvalue weighted by Crippen LogP contribution is 2.26. The quantitative estimate of drug-likeness (QED) is 0.880. The molecule has 0 bridgehead atoms. The first kappa shape index (κ1) is 14.0. The Morgan fingerprint density at radius 3 is 2.68 bits per heavy atom. The van der Waals surface area contributed by atoms with E-state index < -0.39 is 0 Å². The Balaban J connectivity index is 2.00. The van der Waals surface area contributed by atoms with Gasteiger partial charge >= 0.3 is 0 Å². The lowest BCUT2D eigenvalue weighted by Gasteiger charge is -2.31. The number of aliphatic hydroxyl groups excluding tert-OH is 1. The second-order valence-corrected chi connectivity index (χ2v) is 5.27. The molecule has 1 aliphatic heterocycles. The average Bonchev–Trinajstić information content (AvgIpc) is 2.37. The topological polar surface area (TPSA) is 58.6 Å². The maximum absolute atomic E-state index is 12.2. The van der Waals surface area contributed by atoms with Crippen LogP contribution in [0.5, 0.6) is 0 Å². The molecule has 1 saturated heterocycles. The minimum Gasteiger partial charge on any atom is -0.392 e. The lowest BCUT2D eigenvalue weighted by molar-refractivity contribution is -0.127. The summed E-state index contributed by atoms with van der Waals surface area (Å²) in [7, 11) is 0. The number of carbonyl (C=O) groups excluding carboxylic acids is 1. The molecule has 2 atom stereocenters. The molecule has 0 spiro atoms. The number of benzene rings is 1. The van der Waals surface area contributed by atoms with Gasteiger partial charge in [-0.25, -0.2) is 0 Å². The van der Waals surface area contributed by atoms with E-state index in [0.29, 0.717) is 0 Å². The van der Waals surface area contributed by atoms with Crippen LogP contribution in [0.2, 0.25) is 0 Å². The van der Waals surface area contributed by atoms with Crippen molar-refractivity contribution in [2.24, 2.45) is 5.92 Å². The number of ether oxygens (including phenoxy) is 1. The predicted molar refractivity (Wildman–Crippen MR) is 73.7 cm³/mol. The summed E-state index contributed by atoms with van der Waals surface area (Å²) in [6.45, 7) is 3.99. The van der Waals surface area contributed by atoms with Crippen LogP contribution in [0, 0.1) is 5.92 Å². The van der Waals surface area contributed by atoms with Gasteiger partial charge in [0.05, 0.1) is 18.8 Å². The Morgan fingerprint density at radius 2 is 2.05 bits per heavy atom. The monoisotopic (exact) mass is 263 g/mol. The van der Waals surface area contributed by atoms with E-state index in [-0.39, 0.29) is 30.6 Å². The van der Waals surface area contributed by atoms with E-state index in [4.69, 9.17) is 9.84 Å². The Morgan fingerprint density at radius 1 is 1.37 bits per heavy atom. The number of hydrogen-bond donors (Lipinski definition) is 2. The van der Waals surface area contributed by atoms with Crippen LogP contribution in [0.1, 0.15) is 32.3 Å². The van der Waals surface area contributed by atoms with Crippen LogP contribution in [0.4, 0.5) is 5.69 Å². The standard InChI is InChI=1S/C15H21NO3/c1-10-6-13(7-11(2)19-10)15(18)16-14-5-3-4-12(8-14)9-17/h3-5,8,10-11,13,17H,6-7,9H2,1-2H3,(H,16,18). The highest BCUT2D eigenvalue weighted by Gasteiger charge is 2.29. The van der Waals surface area contributed by atoms with Crippen molar-refractivity contribution < 1.29 is 14.6 Å². The Labute approximate surface area is 113 Å². The van der Waals surface area contributed by atoms with Crippen molar-refractivity contribution in [1.29, 1.82) is 0 Å². The molecule has 2 unspecified atom stereocenters. The first-order valence-corrected chi connectivity index (χ1v) is 6.74. The van der Waals surface area contributed by atoms with Crippen LogP contribution in [0.25, 0.3) is 0 Å². The van der Waals surface area contributed by atoms with Gasteiger partial charge in [-0.15, -0.1) is 0 Å². The molecule has 4 nitrogen and oxygen atoms in total. The summed E-state index contributed by atoms with van der Waals surface area (Å²) in [5, 5.41) is 12.0. The summed E-state index contributed by atoms with van der Waals surface area (Å²) < 4.78 is 5.64. The number of hydrogen-bond acceptors (Lipinski definition) is 3. The normalized spacial score (nSPS) is 27.0. The van der Waals surface area contributed by atoms with Crippen molar-refractivity contribution in [3.63, 3.8) is 0 Å². The summed E-state index contributed by atoms with van der Waals surface area (Å²) in [6, 6.07) is 7.29. The number of carbonyl (C=O) groups is 1. The van der Waals surface area contributed by atoms with E-state index in [2.05, 4.69) is 5.32 Å². The minimum absolute atomic E-state index is 0.00321. The summed E-state index contributed by atoms with van der Waals surface area (Å²) in [5.74, 6) is 0.0358. The van der Waals surface area contributed by atoms with E-state index in [0.717, 1.165) is 24.1 Å². The number of amides is 1. The highest BCUT2D eigenvalue weighted by molar-refractivity contribution is 5.92. The van der Waals surface area contributed by atoms with Crippen LogP contribution < -0.4 is 5.32 Å². The fourth-order valence-electron chi connectivity index (χ4n) is 2.61. The van der Waals surface area contributed by atoms with Gasteiger partial charge in [0, 0.05) is 11.6 Å². The lowest BCUT2D eigenvalue weighted by atomic mass is 9.92. The number of nitrogens with one attached hydrogen (secondary N) is 1. The number of aliphatic hydroxyl groups is 1. The molecule has 1 aliphatic rings. The smallest absolute Gasteiger partial charge is 0.227 e. The fourth-order valence-corrected chi connectivity index (χ4v) is 2.61. The summed E-state index contributed by atoms with van der Waals surface area (Å²) in [6.07, 6.45) is 1.78. The lowest BCUT2D eigenvalue weighted by Crippen LogP contribution is -2.36. The fraction of sp³-hybridized carbons (Fsp3) is 0.533. The van der Waals surface area contributed by atoms with E-state index >= 15 is 0 Å². The largest absolute Gasteiger partial charge is 0.392 e. The summed E-state index contributed by atoms with van der Waals surface area (Å²) in [5.41, 5.74) is 1.54. The summed E-state index contributed by atoms with van der Waals surface area (Å²) in [4.78, 5) is 12.2. The molecule has 1 aromatic rings. The molecule has 2 N–H and O–H groups in total. The molecule has 1 aromatic carbocycles.